The fraction of sp³-hybridized carbons (Fsp3) is 0.400. The van der Waals surface area contributed by atoms with Gasteiger partial charge in [-0.1, -0.05) is 34.5 Å². The summed E-state index contributed by atoms with van der Waals surface area (Å²) in [5.74, 6) is 1.06. The second kappa shape index (κ2) is 7.25. The third kappa shape index (κ3) is 4.08. The molecule has 0 amide bonds. The van der Waals surface area contributed by atoms with Crippen molar-refractivity contribution in [3.63, 3.8) is 0 Å². The molecule has 0 bridgehead atoms. The predicted molar refractivity (Wildman–Crippen MR) is 87.1 cm³/mol. The summed E-state index contributed by atoms with van der Waals surface area (Å²) in [5, 5.41) is 4.32. The van der Waals surface area contributed by atoms with Crippen molar-refractivity contribution in [3.8, 4) is 0 Å². The molecule has 0 spiro atoms. The molecule has 1 aromatic carbocycles. The molecule has 0 fully saturated rings. The zero-order chi connectivity index (χ0) is 14.5. The van der Waals surface area contributed by atoms with E-state index in [9.17, 15) is 0 Å². The number of benzene rings is 1. The van der Waals surface area contributed by atoms with E-state index in [1.54, 1.807) is 0 Å². The van der Waals surface area contributed by atoms with Gasteiger partial charge in [0.15, 0.2) is 0 Å². The minimum absolute atomic E-state index is 0.214. The van der Waals surface area contributed by atoms with Crippen LogP contribution in [0.15, 0.2) is 35.1 Å². The van der Waals surface area contributed by atoms with E-state index in [1.807, 2.05) is 31.6 Å². The van der Waals surface area contributed by atoms with E-state index >= 15 is 0 Å². The topological polar surface area (TPSA) is 29.9 Å². The SMILES string of the molecule is CCCNC(Cc1nccn1C)c1cc(Cl)cc(Br)c1. The molecule has 1 unspecified atom stereocenters. The van der Waals surface area contributed by atoms with E-state index in [0.717, 1.165) is 34.7 Å². The van der Waals surface area contributed by atoms with Crippen LogP contribution in [-0.2, 0) is 13.5 Å². The summed E-state index contributed by atoms with van der Waals surface area (Å²) in [6, 6.07) is 6.25. The molecule has 108 valence electrons. The number of hydrogen-bond acceptors (Lipinski definition) is 2. The third-order valence-corrected chi connectivity index (χ3v) is 3.91. The molecule has 3 nitrogen and oxygen atoms in total. The number of rotatable bonds is 6. The number of aromatic nitrogens is 2. The molecule has 0 saturated carbocycles. The second-order valence-electron chi connectivity index (χ2n) is 4.87. The summed E-state index contributed by atoms with van der Waals surface area (Å²) >= 11 is 9.67. The molecule has 2 aromatic rings. The number of nitrogens with zero attached hydrogens (tertiary/aromatic N) is 2. The lowest BCUT2D eigenvalue weighted by Gasteiger charge is -2.19. The number of halogens is 2. The Morgan fingerprint density at radius 3 is 2.80 bits per heavy atom. The van der Waals surface area contributed by atoms with Crippen molar-refractivity contribution in [2.45, 2.75) is 25.8 Å². The van der Waals surface area contributed by atoms with Gasteiger partial charge in [0.05, 0.1) is 0 Å². The quantitative estimate of drug-likeness (QED) is 0.844. The van der Waals surface area contributed by atoms with Crippen LogP contribution in [0.3, 0.4) is 0 Å². The van der Waals surface area contributed by atoms with Crippen molar-refractivity contribution in [1.82, 2.24) is 14.9 Å². The minimum Gasteiger partial charge on any atom is -0.338 e. The molecule has 0 aliphatic carbocycles. The molecule has 2 rings (SSSR count). The van der Waals surface area contributed by atoms with Crippen molar-refractivity contribution in [2.24, 2.45) is 7.05 Å². The van der Waals surface area contributed by atoms with Crippen LogP contribution in [0.1, 0.15) is 30.8 Å². The molecular weight excluding hydrogens is 338 g/mol. The van der Waals surface area contributed by atoms with Crippen LogP contribution in [-0.4, -0.2) is 16.1 Å². The molecule has 1 heterocycles. The fourth-order valence-electron chi connectivity index (χ4n) is 2.18. The molecule has 20 heavy (non-hydrogen) atoms. The minimum atomic E-state index is 0.214. The van der Waals surface area contributed by atoms with Gasteiger partial charge >= 0.3 is 0 Å². The van der Waals surface area contributed by atoms with Gasteiger partial charge in [-0.3, -0.25) is 0 Å². The van der Waals surface area contributed by atoms with E-state index in [-0.39, 0.29) is 6.04 Å². The monoisotopic (exact) mass is 355 g/mol. The van der Waals surface area contributed by atoms with Gasteiger partial charge in [0, 0.05) is 41.4 Å². The standard InChI is InChI=1S/C15H19BrClN3/c1-3-4-18-14(10-15-19-5-6-20(15)2)11-7-12(16)9-13(17)8-11/h5-9,14,18H,3-4,10H2,1-2H3. The lowest BCUT2D eigenvalue weighted by atomic mass is 10.0. The van der Waals surface area contributed by atoms with E-state index < -0.39 is 0 Å². The Hall–Kier alpha value is -0.840. The maximum absolute atomic E-state index is 6.16. The predicted octanol–water partition coefficient (Wildman–Crippen LogP) is 4.12. The highest BCUT2D eigenvalue weighted by Crippen LogP contribution is 2.25. The lowest BCUT2D eigenvalue weighted by molar-refractivity contribution is 0.512. The van der Waals surface area contributed by atoms with Crippen LogP contribution in [0.5, 0.6) is 0 Å². The van der Waals surface area contributed by atoms with Crippen LogP contribution >= 0.6 is 27.5 Å². The first-order valence-electron chi connectivity index (χ1n) is 6.75. The third-order valence-electron chi connectivity index (χ3n) is 3.24. The Morgan fingerprint density at radius 1 is 1.40 bits per heavy atom. The first-order valence-corrected chi connectivity index (χ1v) is 7.92. The van der Waals surface area contributed by atoms with Crippen LogP contribution in [0.2, 0.25) is 5.02 Å². The normalized spacial score (nSPS) is 12.6. The Labute approximate surface area is 133 Å². The zero-order valence-corrected chi connectivity index (χ0v) is 14.1. The Kier molecular flexibility index (Phi) is 5.64. The van der Waals surface area contributed by atoms with Crippen molar-refractivity contribution in [1.29, 1.82) is 0 Å². The van der Waals surface area contributed by atoms with Crippen molar-refractivity contribution >= 4 is 27.5 Å². The fourth-order valence-corrected chi connectivity index (χ4v) is 3.06. The average Bonchev–Trinajstić information content (AvgIpc) is 2.78. The Bertz CT molecular complexity index is 548. The van der Waals surface area contributed by atoms with E-state index in [0.29, 0.717) is 0 Å². The van der Waals surface area contributed by atoms with Crippen molar-refractivity contribution < 1.29 is 0 Å². The van der Waals surface area contributed by atoms with E-state index in [2.05, 4.69) is 43.8 Å². The highest BCUT2D eigenvalue weighted by molar-refractivity contribution is 9.10. The molecule has 0 saturated heterocycles. The summed E-state index contributed by atoms with van der Waals surface area (Å²) in [4.78, 5) is 4.41. The van der Waals surface area contributed by atoms with E-state index in [1.165, 1.54) is 5.56 Å². The molecular formula is C15H19BrClN3. The van der Waals surface area contributed by atoms with Gasteiger partial charge in [-0.15, -0.1) is 0 Å². The van der Waals surface area contributed by atoms with Crippen molar-refractivity contribution in [2.75, 3.05) is 6.54 Å². The smallest absolute Gasteiger partial charge is 0.110 e. The van der Waals surface area contributed by atoms with Gasteiger partial charge in [-0.2, -0.15) is 0 Å². The van der Waals surface area contributed by atoms with Gasteiger partial charge < -0.3 is 9.88 Å². The first kappa shape index (κ1) is 15.5. The Balaban J connectivity index is 2.24. The van der Waals surface area contributed by atoms with Gasteiger partial charge in [0.2, 0.25) is 0 Å². The maximum Gasteiger partial charge on any atom is 0.110 e. The van der Waals surface area contributed by atoms with Crippen molar-refractivity contribution in [3.05, 3.63) is 51.5 Å². The number of aryl methyl sites for hydroxylation is 1. The zero-order valence-electron chi connectivity index (χ0n) is 11.7. The number of hydrogen-bond donors (Lipinski definition) is 1. The summed E-state index contributed by atoms with van der Waals surface area (Å²) in [7, 11) is 2.02. The van der Waals surface area contributed by atoms with E-state index in [4.69, 9.17) is 11.6 Å². The Morgan fingerprint density at radius 2 is 2.20 bits per heavy atom. The largest absolute Gasteiger partial charge is 0.338 e. The number of imidazole rings is 1. The first-order chi connectivity index (χ1) is 9.60. The summed E-state index contributed by atoms with van der Waals surface area (Å²) in [5.41, 5.74) is 1.18. The molecule has 1 atom stereocenters. The average molecular weight is 357 g/mol. The highest BCUT2D eigenvalue weighted by Gasteiger charge is 2.15. The molecule has 0 aliphatic heterocycles. The lowest BCUT2D eigenvalue weighted by Crippen LogP contribution is -2.25. The summed E-state index contributed by atoms with van der Waals surface area (Å²) in [6.07, 6.45) is 5.75. The van der Waals surface area contributed by atoms with Gasteiger partial charge in [-0.05, 0) is 36.7 Å². The van der Waals surface area contributed by atoms with Gasteiger partial charge in [-0.25, -0.2) is 4.98 Å². The van der Waals surface area contributed by atoms with Crippen LogP contribution in [0.4, 0.5) is 0 Å². The highest BCUT2D eigenvalue weighted by atomic mass is 79.9. The molecule has 1 N–H and O–H groups in total. The maximum atomic E-state index is 6.16. The summed E-state index contributed by atoms with van der Waals surface area (Å²) in [6.45, 7) is 3.14. The molecule has 1 aromatic heterocycles. The molecule has 0 radical (unpaired) electrons. The summed E-state index contributed by atoms with van der Waals surface area (Å²) < 4.78 is 3.06. The molecule has 5 heteroatoms. The van der Waals surface area contributed by atoms with Crippen LogP contribution in [0, 0.1) is 0 Å². The van der Waals surface area contributed by atoms with Crippen LogP contribution < -0.4 is 5.32 Å². The second-order valence-corrected chi connectivity index (χ2v) is 6.22. The van der Waals surface area contributed by atoms with Gasteiger partial charge in [0.25, 0.3) is 0 Å². The van der Waals surface area contributed by atoms with Gasteiger partial charge in [0.1, 0.15) is 5.82 Å². The molecule has 0 aliphatic rings. The number of nitrogens with one attached hydrogen (secondary N) is 1. The van der Waals surface area contributed by atoms with Crippen LogP contribution in [0.25, 0.3) is 0 Å².